The van der Waals surface area contributed by atoms with Gasteiger partial charge in [0.2, 0.25) is 0 Å². The quantitative estimate of drug-likeness (QED) is 0.731. The van der Waals surface area contributed by atoms with Gasteiger partial charge in [-0.1, -0.05) is 18.2 Å². The number of nitrogens with zero attached hydrogens (tertiary/aromatic N) is 4. The lowest BCUT2D eigenvalue weighted by molar-refractivity contribution is 0.0767. The Bertz CT molecular complexity index is 1000. The Balaban J connectivity index is 1.47. The van der Waals surface area contributed by atoms with Crippen molar-refractivity contribution in [3.05, 3.63) is 59.8 Å². The molecule has 0 radical (unpaired) electrons. The van der Waals surface area contributed by atoms with Gasteiger partial charge in [-0.05, 0) is 30.3 Å². The number of likely N-dealkylation sites (tertiary alicyclic amines) is 1. The molecule has 2 aromatic carbocycles. The lowest BCUT2D eigenvalue weighted by Gasteiger charge is -2.16. The van der Waals surface area contributed by atoms with Crippen LogP contribution in [0.4, 0.5) is 0 Å². The molecule has 6 heteroatoms. The molecule has 2 heterocycles. The van der Waals surface area contributed by atoms with Crippen LogP contribution in [0.5, 0.6) is 5.75 Å². The number of fused-ring (bicyclic) bond motifs is 1. The van der Waals surface area contributed by atoms with E-state index in [0.717, 1.165) is 17.3 Å². The summed E-state index contributed by atoms with van der Waals surface area (Å²) in [5, 5.41) is 14.1. The van der Waals surface area contributed by atoms with Crippen molar-refractivity contribution in [1.82, 2.24) is 14.7 Å². The molecule has 130 valence electrons. The molecule has 4 rings (SSSR count). The van der Waals surface area contributed by atoms with Gasteiger partial charge in [0.15, 0.2) is 5.69 Å². The maximum Gasteiger partial charge on any atom is 0.275 e. The standard InChI is InChI=1S/C20H18N4O2/c1-23-18-5-3-2-4-17(18)19(22-23)20(25)24-11-10-16(13-24)26-15-8-6-14(12-21)7-9-15/h2-9,16H,10-11,13H2,1H3/t16-/m1/s1. The lowest BCUT2D eigenvalue weighted by Crippen LogP contribution is -2.31. The smallest absolute Gasteiger partial charge is 0.275 e. The number of ether oxygens (including phenoxy) is 1. The molecule has 26 heavy (non-hydrogen) atoms. The van der Waals surface area contributed by atoms with Crippen LogP contribution in [0.1, 0.15) is 22.5 Å². The second kappa shape index (κ2) is 6.52. The third kappa shape index (κ3) is 2.88. The minimum Gasteiger partial charge on any atom is -0.489 e. The summed E-state index contributed by atoms with van der Waals surface area (Å²) >= 11 is 0. The number of hydrogen-bond donors (Lipinski definition) is 0. The third-order valence-electron chi connectivity index (χ3n) is 4.68. The van der Waals surface area contributed by atoms with Crippen LogP contribution in [-0.2, 0) is 7.05 Å². The van der Waals surface area contributed by atoms with E-state index in [1.165, 1.54) is 0 Å². The first kappa shape index (κ1) is 16.2. The van der Waals surface area contributed by atoms with Gasteiger partial charge in [-0.25, -0.2) is 0 Å². The fraction of sp³-hybridized carbons (Fsp3) is 0.250. The van der Waals surface area contributed by atoms with Crippen LogP contribution in [0.2, 0.25) is 0 Å². The number of benzene rings is 2. The van der Waals surface area contributed by atoms with Crippen molar-refractivity contribution in [2.45, 2.75) is 12.5 Å². The van der Waals surface area contributed by atoms with Crippen molar-refractivity contribution >= 4 is 16.8 Å². The molecule has 0 N–H and O–H groups in total. The highest BCUT2D eigenvalue weighted by Crippen LogP contribution is 2.23. The van der Waals surface area contributed by atoms with Crippen molar-refractivity contribution in [2.24, 2.45) is 7.05 Å². The fourth-order valence-corrected chi connectivity index (χ4v) is 3.33. The molecular formula is C20H18N4O2. The minimum atomic E-state index is -0.0623. The van der Waals surface area contributed by atoms with E-state index in [9.17, 15) is 4.79 Å². The molecule has 0 spiro atoms. The number of hydrogen-bond acceptors (Lipinski definition) is 4. The van der Waals surface area contributed by atoms with Crippen molar-refractivity contribution in [1.29, 1.82) is 5.26 Å². The largest absolute Gasteiger partial charge is 0.489 e. The molecule has 1 aromatic heterocycles. The van der Waals surface area contributed by atoms with Crippen molar-refractivity contribution < 1.29 is 9.53 Å². The number of carbonyl (C=O) groups excluding carboxylic acids is 1. The SMILES string of the molecule is Cn1nc(C(=O)N2CC[C@@H](Oc3ccc(C#N)cc3)C2)c2ccccc21. The van der Waals surface area contributed by atoms with Gasteiger partial charge < -0.3 is 9.64 Å². The van der Waals surface area contributed by atoms with Crippen LogP contribution in [0, 0.1) is 11.3 Å². The summed E-state index contributed by atoms with van der Waals surface area (Å²) in [5.41, 5.74) is 2.03. The second-order valence-corrected chi connectivity index (χ2v) is 6.41. The molecule has 3 aromatic rings. The number of aryl methyl sites for hydroxylation is 1. The van der Waals surface area contributed by atoms with E-state index in [-0.39, 0.29) is 12.0 Å². The average molecular weight is 346 g/mol. The Morgan fingerprint density at radius 3 is 2.77 bits per heavy atom. The van der Waals surface area contributed by atoms with Crippen LogP contribution in [0.3, 0.4) is 0 Å². The van der Waals surface area contributed by atoms with Gasteiger partial charge in [-0.15, -0.1) is 0 Å². The zero-order valence-corrected chi connectivity index (χ0v) is 14.4. The molecule has 1 aliphatic rings. The predicted octanol–water partition coefficient (Wildman–Crippen LogP) is 2.74. The third-order valence-corrected chi connectivity index (χ3v) is 4.68. The summed E-state index contributed by atoms with van der Waals surface area (Å²) < 4.78 is 7.69. The highest BCUT2D eigenvalue weighted by Gasteiger charge is 2.30. The number of para-hydroxylation sites is 1. The van der Waals surface area contributed by atoms with Gasteiger partial charge in [0, 0.05) is 25.4 Å². The van der Waals surface area contributed by atoms with Gasteiger partial charge in [0.1, 0.15) is 11.9 Å². The van der Waals surface area contributed by atoms with Gasteiger partial charge in [-0.2, -0.15) is 10.4 Å². The maximum atomic E-state index is 12.9. The van der Waals surface area contributed by atoms with Crippen molar-refractivity contribution in [3.63, 3.8) is 0 Å². The molecule has 0 aliphatic carbocycles. The molecule has 6 nitrogen and oxygen atoms in total. The molecule has 0 unspecified atom stereocenters. The monoisotopic (exact) mass is 346 g/mol. The highest BCUT2D eigenvalue weighted by molar-refractivity contribution is 6.04. The second-order valence-electron chi connectivity index (χ2n) is 6.41. The Morgan fingerprint density at radius 1 is 1.23 bits per heavy atom. The van der Waals surface area contributed by atoms with Crippen molar-refractivity contribution in [3.8, 4) is 11.8 Å². The Labute approximate surface area is 151 Å². The fourth-order valence-electron chi connectivity index (χ4n) is 3.33. The number of nitriles is 1. The highest BCUT2D eigenvalue weighted by atomic mass is 16.5. The molecule has 1 atom stereocenters. The zero-order chi connectivity index (χ0) is 18.1. The summed E-state index contributed by atoms with van der Waals surface area (Å²) in [5.74, 6) is 0.652. The number of rotatable bonds is 3. The first-order valence-corrected chi connectivity index (χ1v) is 8.53. The summed E-state index contributed by atoms with van der Waals surface area (Å²) in [4.78, 5) is 14.7. The summed E-state index contributed by atoms with van der Waals surface area (Å²) in [6, 6.07) is 16.9. The number of amides is 1. The van der Waals surface area contributed by atoms with Gasteiger partial charge >= 0.3 is 0 Å². The summed E-state index contributed by atoms with van der Waals surface area (Å²) in [6.45, 7) is 1.18. The number of aromatic nitrogens is 2. The lowest BCUT2D eigenvalue weighted by atomic mass is 10.2. The average Bonchev–Trinajstić information content (AvgIpc) is 3.27. The maximum absolute atomic E-state index is 12.9. The van der Waals surface area contributed by atoms with Crippen LogP contribution in [0.25, 0.3) is 10.9 Å². The predicted molar refractivity (Wildman–Crippen MR) is 96.8 cm³/mol. The van der Waals surface area contributed by atoms with Crippen LogP contribution < -0.4 is 4.74 Å². The molecular weight excluding hydrogens is 328 g/mol. The normalized spacial score (nSPS) is 16.6. The molecule has 0 saturated carbocycles. The van der Waals surface area contributed by atoms with E-state index < -0.39 is 0 Å². The summed E-state index contributed by atoms with van der Waals surface area (Å²) in [6.07, 6.45) is 0.720. The molecule has 1 saturated heterocycles. The van der Waals surface area contributed by atoms with E-state index in [0.29, 0.717) is 30.1 Å². The van der Waals surface area contributed by atoms with E-state index in [4.69, 9.17) is 10.00 Å². The Morgan fingerprint density at radius 2 is 2.00 bits per heavy atom. The molecule has 1 amide bonds. The first-order chi connectivity index (χ1) is 12.7. The van der Waals surface area contributed by atoms with E-state index in [1.807, 2.05) is 31.3 Å². The van der Waals surface area contributed by atoms with Gasteiger partial charge in [-0.3, -0.25) is 9.48 Å². The van der Waals surface area contributed by atoms with Crippen LogP contribution in [-0.4, -0.2) is 39.8 Å². The van der Waals surface area contributed by atoms with Crippen molar-refractivity contribution in [2.75, 3.05) is 13.1 Å². The van der Waals surface area contributed by atoms with Crippen LogP contribution in [0.15, 0.2) is 48.5 Å². The molecule has 1 aliphatic heterocycles. The minimum absolute atomic E-state index is 0.0538. The van der Waals surface area contributed by atoms with E-state index >= 15 is 0 Å². The Kier molecular flexibility index (Phi) is 4.05. The topological polar surface area (TPSA) is 71.2 Å². The van der Waals surface area contributed by atoms with Crippen LogP contribution >= 0.6 is 0 Å². The molecule has 1 fully saturated rings. The summed E-state index contributed by atoms with van der Waals surface area (Å²) in [7, 11) is 1.85. The number of carbonyl (C=O) groups is 1. The molecule has 0 bridgehead atoms. The van der Waals surface area contributed by atoms with Gasteiger partial charge in [0.25, 0.3) is 5.91 Å². The Hall–Kier alpha value is -3.33. The van der Waals surface area contributed by atoms with E-state index in [2.05, 4.69) is 11.2 Å². The van der Waals surface area contributed by atoms with E-state index in [1.54, 1.807) is 33.8 Å². The van der Waals surface area contributed by atoms with Gasteiger partial charge in [0.05, 0.1) is 23.7 Å². The first-order valence-electron chi connectivity index (χ1n) is 8.53. The zero-order valence-electron chi connectivity index (χ0n) is 14.4.